The zero-order chi connectivity index (χ0) is 20.3. The van der Waals surface area contributed by atoms with E-state index >= 15 is 0 Å². The summed E-state index contributed by atoms with van der Waals surface area (Å²) in [7, 11) is 1.71. The van der Waals surface area contributed by atoms with E-state index in [2.05, 4.69) is 39.1 Å². The molecule has 0 fully saturated rings. The van der Waals surface area contributed by atoms with Crippen molar-refractivity contribution in [3.05, 3.63) is 64.6 Å². The molecule has 0 saturated carbocycles. The summed E-state index contributed by atoms with van der Waals surface area (Å²) < 4.78 is 5.36. The van der Waals surface area contributed by atoms with Crippen LogP contribution in [0.15, 0.2) is 47.6 Å². The van der Waals surface area contributed by atoms with Gasteiger partial charge in [-0.05, 0) is 49.1 Å². The molecule has 5 nitrogen and oxygen atoms in total. The van der Waals surface area contributed by atoms with Crippen molar-refractivity contribution in [3.63, 3.8) is 0 Å². The van der Waals surface area contributed by atoms with Crippen LogP contribution >= 0.6 is 11.3 Å². The van der Waals surface area contributed by atoms with Crippen LogP contribution < -0.4 is 4.74 Å². The highest BCUT2D eigenvalue weighted by molar-refractivity contribution is 7.15. The van der Waals surface area contributed by atoms with Crippen molar-refractivity contribution in [1.82, 2.24) is 14.9 Å². The van der Waals surface area contributed by atoms with E-state index in [0.29, 0.717) is 0 Å². The first-order chi connectivity index (χ1) is 14.8. The smallest absolute Gasteiger partial charge is 0.173 e. The number of hydrogen-bond acceptors (Lipinski definition) is 6. The minimum Gasteiger partial charge on any atom is -0.497 e. The van der Waals surface area contributed by atoms with Gasteiger partial charge in [-0.3, -0.25) is 9.89 Å². The van der Waals surface area contributed by atoms with E-state index in [9.17, 15) is 0 Å². The Bertz CT molecular complexity index is 1070. The van der Waals surface area contributed by atoms with Crippen molar-refractivity contribution in [2.45, 2.75) is 38.8 Å². The molecule has 154 valence electrons. The van der Waals surface area contributed by atoms with Crippen molar-refractivity contribution in [2.75, 3.05) is 20.2 Å². The highest BCUT2D eigenvalue weighted by Gasteiger charge is 2.21. The van der Waals surface area contributed by atoms with E-state index in [1.54, 1.807) is 7.11 Å². The molecule has 6 heteroatoms. The topological polar surface area (TPSA) is 50.6 Å². The zero-order valence-electron chi connectivity index (χ0n) is 17.3. The lowest BCUT2D eigenvalue weighted by molar-refractivity contribution is 0.245. The number of fused-ring (bicyclic) bond motifs is 1. The SMILES string of the molecule is COc1cccc(-c2ccc(CN3CCc4nc(C5=NCCCC5)ncc4C3)s2)c1. The van der Waals surface area contributed by atoms with Gasteiger partial charge in [0, 0.05) is 54.1 Å². The summed E-state index contributed by atoms with van der Waals surface area (Å²) in [5.41, 5.74) is 4.76. The predicted molar refractivity (Wildman–Crippen MR) is 121 cm³/mol. The molecule has 1 aromatic carbocycles. The summed E-state index contributed by atoms with van der Waals surface area (Å²) in [6.07, 6.45) is 6.40. The Kier molecular flexibility index (Phi) is 5.60. The molecule has 0 unspecified atom stereocenters. The third-order valence-corrected chi connectivity index (χ3v) is 6.91. The summed E-state index contributed by atoms with van der Waals surface area (Å²) in [6.45, 7) is 3.82. The number of aromatic nitrogens is 2. The van der Waals surface area contributed by atoms with E-state index in [-0.39, 0.29) is 0 Å². The van der Waals surface area contributed by atoms with Crippen LogP contribution in [0.25, 0.3) is 10.4 Å². The molecule has 0 saturated heterocycles. The molecule has 4 heterocycles. The van der Waals surface area contributed by atoms with Gasteiger partial charge < -0.3 is 4.74 Å². The standard InChI is InChI=1S/C24H26N4OS/c1-29-19-6-4-5-17(13-19)23-9-8-20(30-23)16-28-12-10-21-18(15-28)14-26-24(27-21)22-7-2-3-11-25-22/h4-6,8-9,13-14H,2-3,7,10-12,15-16H2,1H3. The molecule has 5 rings (SSSR count). The number of methoxy groups -OCH3 is 1. The molecule has 2 aliphatic heterocycles. The number of benzene rings is 1. The zero-order valence-corrected chi connectivity index (χ0v) is 18.1. The monoisotopic (exact) mass is 418 g/mol. The molecular formula is C24H26N4OS. The second-order valence-electron chi connectivity index (χ2n) is 7.91. The molecule has 0 spiro atoms. The molecule has 0 atom stereocenters. The Balaban J connectivity index is 1.27. The largest absolute Gasteiger partial charge is 0.497 e. The van der Waals surface area contributed by atoms with Crippen LogP contribution in [0.3, 0.4) is 0 Å². The van der Waals surface area contributed by atoms with Gasteiger partial charge in [-0.1, -0.05) is 12.1 Å². The van der Waals surface area contributed by atoms with Gasteiger partial charge in [0.15, 0.2) is 5.82 Å². The van der Waals surface area contributed by atoms with Crippen molar-refractivity contribution >= 4 is 17.0 Å². The van der Waals surface area contributed by atoms with Crippen LogP contribution in [-0.4, -0.2) is 40.8 Å². The average molecular weight is 419 g/mol. The highest BCUT2D eigenvalue weighted by Crippen LogP contribution is 2.31. The Morgan fingerprint density at radius 1 is 1.13 bits per heavy atom. The first-order valence-electron chi connectivity index (χ1n) is 10.6. The third kappa shape index (κ3) is 4.16. The second kappa shape index (κ2) is 8.66. The maximum Gasteiger partial charge on any atom is 0.173 e. The van der Waals surface area contributed by atoms with Gasteiger partial charge in [0.25, 0.3) is 0 Å². The fraction of sp³-hybridized carbons (Fsp3) is 0.375. The Hall–Kier alpha value is -2.57. The lowest BCUT2D eigenvalue weighted by Crippen LogP contribution is -2.31. The van der Waals surface area contributed by atoms with Crippen LogP contribution in [0.5, 0.6) is 5.75 Å². The first kappa shape index (κ1) is 19.4. The molecule has 2 aromatic heterocycles. The molecule has 2 aliphatic rings. The lowest BCUT2D eigenvalue weighted by Gasteiger charge is -2.27. The highest BCUT2D eigenvalue weighted by atomic mass is 32.1. The average Bonchev–Trinajstić information content (AvgIpc) is 3.28. The maximum absolute atomic E-state index is 5.36. The third-order valence-electron chi connectivity index (χ3n) is 5.79. The van der Waals surface area contributed by atoms with E-state index in [4.69, 9.17) is 9.72 Å². The number of nitrogens with zero attached hydrogens (tertiary/aromatic N) is 4. The minimum atomic E-state index is 0.850. The predicted octanol–water partition coefficient (Wildman–Crippen LogP) is 4.75. The number of rotatable bonds is 5. The van der Waals surface area contributed by atoms with Crippen molar-refractivity contribution in [2.24, 2.45) is 4.99 Å². The molecule has 0 bridgehead atoms. The van der Waals surface area contributed by atoms with Gasteiger partial charge in [-0.25, -0.2) is 9.97 Å². The lowest BCUT2D eigenvalue weighted by atomic mass is 10.1. The number of thiophene rings is 1. The molecule has 3 aromatic rings. The van der Waals surface area contributed by atoms with Crippen molar-refractivity contribution < 1.29 is 4.74 Å². The molecule has 0 aliphatic carbocycles. The Morgan fingerprint density at radius 3 is 2.97 bits per heavy atom. The molecule has 0 radical (unpaired) electrons. The normalized spacial score (nSPS) is 16.8. The van der Waals surface area contributed by atoms with E-state index in [1.165, 1.54) is 39.4 Å². The summed E-state index contributed by atoms with van der Waals surface area (Å²) in [6, 6.07) is 12.7. The maximum atomic E-state index is 5.36. The minimum absolute atomic E-state index is 0.850. The molecule has 0 N–H and O–H groups in total. The Morgan fingerprint density at radius 2 is 2.10 bits per heavy atom. The van der Waals surface area contributed by atoms with Crippen LogP contribution in [-0.2, 0) is 19.5 Å². The van der Waals surface area contributed by atoms with Crippen LogP contribution in [0, 0.1) is 0 Å². The van der Waals surface area contributed by atoms with E-state index < -0.39 is 0 Å². The van der Waals surface area contributed by atoms with Gasteiger partial charge >= 0.3 is 0 Å². The van der Waals surface area contributed by atoms with Gasteiger partial charge in [0.1, 0.15) is 5.75 Å². The quantitative estimate of drug-likeness (QED) is 0.600. The van der Waals surface area contributed by atoms with Crippen LogP contribution in [0.4, 0.5) is 0 Å². The van der Waals surface area contributed by atoms with Crippen LogP contribution in [0.1, 0.15) is 41.2 Å². The van der Waals surface area contributed by atoms with Crippen molar-refractivity contribution in [3.8, 4) is 16.2 Å². The first-order valence-corrected chi connectivity index (χ1v) is 11.4. The van der Waals surface area contributed by atoms with Gasteiger partial charge in [0.05, 0.1) is 18.5 Å². The number of aliphatic imine (C=N–C) groups is 1. The number of hydrogen-bond donors (Lipinski definition) is 0. The Labute approximate surface area is 181 Å². The summed E-state index contributed by atoms with van der Waals surface area (Å²) >= 11 is 1.86. The molecule has 0 amide bonds. The van der Waals surface area contributed by atoms with Gasteiger partial charge in [0.2, 0.25) is 0 Å². The van der Waals surface area contributed by atoms with E-state index in [0.717, 1.165) is 56.3 Å². The second-order valence-corrected chi connectivity index (χ2v) is 9.08. The summed E-state index contributed by atoms with van der Waals surface area (Å²) in [5, 5.41) is 0. The van der Waals surface area contributed by atoms with Gasteiger partial charge in [-0.2, -0.15) is 0 Å². The number of ether oxygens (including phenoxy) is 1. The fourth-order valence-electron chi connectivity index (χ4n) is 4.14. The molecule has 30 heavy (non-hydrogen) atoms. The summed E-state index contributed by atoms with van der Waals surface area (Å²) in [4.78, 5) is 19.3. The van der Waals surface area contributed by atoms with Crippen LogP contribution in [0.2, 0.25) is 0 Å². The molecular weight excluding hydrogens is 392 g/mol. The summed E-state index contributed by atoms with van der Waals surface area (Å²) in [5.74, 6) is 1.75. The van der Waals surface area contributed by atoms with Crippen molar-refractivity contribution in [1.29, 1.82) is 0 Å². The van der Waals surface area contributed by atoms with E-state index in [1.807, 2.05) is 29.7 Å². The fourth-order valence-corrected chi connectivity index (χ4v) is 5.19. The van der Waals surface area contributed by atoms with Gasteiger partial charge in [-0.15, -0.1) is 11.3 Å².